The molecule has 0 bridgehead atoms. The standard InChI is InChI=1S/C22H26N2O4/c1-13-11-24(12-14(2)27-13)15(3)22(25)23-18-10-20-17(9-21(18)26-4)16-7-5-6-8-19(16)28-20/h5-10,13-15H,11-12H2,1-4H3,(H,23,25)/p+1/t13-,14+,15-/m0/s1. The van der Waals surface area contributed by atoms with E-state index in [1.165, 1.54) is 4.90 Å². The van der Waals surface area contributed by atoms with E-state index in [0.717, 1.165) is 35.0 Å². The van der Waals surface area contributed by atoms with Gasteiger partial charge in [0.05, 0.1) is 12.8 Å². The molecule has 0 radical (unpaired) electrons. The number of morpholine rings is 1. The molecule has 4 atom stereocenters. The number of methoxy groups -OCH3 is 1. The van der Waals surface area contributed by atoms with Gasteiger partial charge in [-0.05, 0) is 32.9 Å². The first kappa shape index (κ1) is 18.8. The summed E-state index contributed by atoms with van der Waals surface area (Å²) in [6.45, 7) is 7.70. The van der Waals surface area contributed by atoms with Crippen molar-refractivity contribution < 1.29 is 23.6 Å². The highest BCUT2D eigenvalue weighted by Gasteiger charge is 2.33. The van der Waals surface area contributed by atoms with E-state index in [-0.39, 0.29) is 24.2 Å². The Labute approximate surface area is 164 Å². The lowest BCUT2D eigenvalue weighted by Gasteiger charge is -2.35. The van der Waals surface area contributed by atoms with E-state index in [4.69, 9.17) is 13.9 Å². The third kappa shape index (κ3) is 3.45. The third-order valence-corrected chi connectivity index (χ3v) is 5.53. The maximum absolute atomic E-state index is 12.9. The number of nitrogens with one attached hydrogen (secondary N) is 2. The summed E-state index contributed by atoms with van der Waals surface area (Å²) in [6.07, 6.45) is 0.297. The molecule has 2 N–H and O–H groups in total. The summed E-state index contributed by atoms with van der Waals surface area (Å²) in [5.41, 5.74) is 2.17. The zero-order valence-corrected chi connectivity index (χ0v) is 16.7. The fraction of sp³-hybridized carbons (Fsp3) is 0.409. The molecule has 1 fully saturated rings. The van der Waals surface area contributed by atoms with E-state index in [0.29, 0.717) is 11.4 Å². The third-order valence-electron chi connectivity index (χ3n) is 5.53. The van der Waals surface area contributed by atoms with Crippen LogP contribution in [-0.2, 0) is 9.53 Å². The number of hydrogen-bond acceptors (Lipinski definition) is 4. The zero-order chi connectivity index (χ0) is 19.8. The molecule has 4 rings (SSSR count). The SMILES string of the molecule is COc1cc2c(cc1NC(=O)[C@H](C)[NH+]1C[C@@H](C)O[C@@H](C)C1)oc1ccccc12. The van der Waals surface area contributed by atoms with Crippen LogP contribution < -0.4 is 15.0 Å². The largest absolute Gasteiger partial charge is 0.495 e. The van der Waals surface area contributed by atoms with Crippen LogP contribution in [0.3, 0.4) is 0 Å². The van der Waals surface area contributed by atoms with Crippen molar-refractivity contribution in [2.75, 3.05) is 25.5 Å². The summed E-state index contributed by atoms with van der Waals surface area (Å²) in [5.74, 6) is 0.586. The van der Waals surface area contributed by atoms with E-state index in [1.807, 2.05) is 43.3 Å². The molecule has 1 saturated heterocycles. The Balaban J connectivity index is 1.61. The maximum atomic E-state index is 12.9. The summed E-state index contributed by atoms with van der Waals surface area (Å²) in [7, 11) is 1.61. The molecule has 2 heterocycles. The van der Waals surface area contributed by atoms with Crippen molar-refractivity contribution in [2.24, 2.45) is 0 Å². The number of rotatable bonds is 4. The Bertz CT molecular complexity index is 1000. The molecule has 28 heavy (non-hydrogen) atoms. The fourth-order valence-electron chi connectivity index (χ4n) is 4.11. The molecule has 6 nitrogen and oxygen atoms in total. The number of fused-ring (bicyclic) bond motifs is 3. The highest BCUT2D eigenvalue weighted by Crippen LogP contribution is 2.36. The van der Waals surface area contributed by atoms with Gasteiger partial charge in [0.2, 0.25) is 0 Å². The Hall–Kier alpha value is -2.57. The molecule has 6 heteroatoms. The van der Waals surface area contributed by atoms with Crippen LogP contribution in [0.15, 0.2) is 40.8 Å². The monoisotopic (exact) mass is 383 g/mol. The minimum atomic E-state index is -0.190. The van der Waals surface area contributed by atoms with Crippen LogP contribution in [0.5, 0.6) is 5.75 Å². The number of anilines is 1. The molecular weight excluding hydrogens is 356 g/mol. The predicted octanol–water partition coefficient (Wildman–Crippen LogP) is 2.61. The van der Waals surface area contributed by atoms with Crippen molar-refractivity contribution in [3.8, 4) is 5.75 Å². The van der Waals surface area contributed by atoms with E-state index >= 15 is 0 Å². The lowest BCUT2D eigenvalue weighted by molar-refractivity contribution is -0.928. The van der Waals surface area contributed by atoms with Crippen LogP contribution in [0, 0.1) is 0 Å². The minimum Gasteiger partial charge on any atom is -0.495 e. The first-order chi connectivity index (χ1) is 13.5. The lowest BCUT2D eigenvalue weighted by Crippen LogP contribution is -3.19. The van der Waals surface area contributed by atoms with E-state index < -0.39 is 0 Å². The van der Waals surface area contributed by atoms with Gasteiger partial charge in [0, 0.05) is 16.8 Å². The fourth-order valence-corrected chi connectivity index (χ4v) is 4.11. The number of furan rings is 1. The molecule has 1 aromatic heterocycles. The van der Waals surface area contributed by atoms with Crippen molar-refractivity contribution in [3.63, 3.8) is 0 Å². The molecule has 148 valence electrons. The van der Waals surface area contributed by atoms with Gasteiger partial charge in [-0.15, -0.1) is 0 Å². The van der Waals surface area contributed by atoms with Crippen LogP contribution in [0.4, 0.5) is 5.69 Å². The average Bonchev–Trinajstić information content (AvgIpc) is 3.03. The number of benzene rings is 2. The molecule has 0 aliphatic carbocycles. The van der Waals surface area contributed by atoms with Crippen molar-refractivity contribution >= 4 is 33.5 Å². The molecule has 0 saturated carbocycles. The predicted molar refractivity (Wildman–Crippen MR) is 109 cm³/mol. The van der Waals surface area contributed by atoms with Gasteiger partial charge in [0.15, 0.2) is 6.04 Å². The molecule has 1 aliphatic rings. The van der Waals surface area contributed by atoms with Crippen LogP contribution in [-0.4, -0.2) is 44.4 Å². The molecular formula is C22H27N2O4+. The number of hydrogen-bond donors (Lipinski definition) is 2. The minimum absolute atomic E-state index is 0.0370. The van der Waals surface area contributed by atoms with Crippen molar-refractivity contribution in [3.05, 3.63) is 36.4 Å². The molecule has 1 amide bonds. The number of amides is 1. The molecule has 2 aromatic carbocycles. The Morgan fingerprint density at radius 1 is 1.14 bits per heavy atom. The number of carbonyl (C=O) groups is 1. The second-order valence-electron chi connectivity index (χ2n) is 7.68. The van der Waals surface area contributed by atoms with E-state index in [9.17, 15) is 4.79 Å². The Morgan fingerprint density at radius 3 is 2.57 bits per heavy atom. The van der Waals surface area contributed by atoms with Crippen LogP contribution in [0.25, 0.3) is 21.9 Å². The molecule has 0 spiro atoms. The van der Waals surface area contributed by atoms with Crippen LogP contribution in [0.1, 0.15) is 20.8 Å². The smallest absolute Gasteiger partial charge is 0.282 e. The summed E-state index contributed by atoms with van der Waals surface area (Å²) in [5, 5.41) is 5.04. The van der Waals surface area contributed by atoms with Gasteiger partial charge in [-0.1, -0.05) is 18.2 Å². The molecule has 3 aromatic rings. The van der Waals surface area contributed by atoms with E-state index in [1.54, 1.807) is 7.11 Å². The summed E-state index contributed by atoms with van der Waals surface area (Å²) < 4.78 is 17.3. The van der Waals surface area contributed by atoms with Gasteiger partial charge in [-0.2, -0.15) is 0 Å². The molecule has 1 aliphatic heterocycles. The second-order valence-corrected chi connectivity index (χ2v) is 7.68. The van der Waals surface area contributed by atoms with Gasteiger partial charge >= 0.3 is 0 Å². The summed E-state index contributed by atoms with van der Waals surface area (Å²) in [6, 6.07) is 11.5. The van der Waals surface area contributed by atoms with Crippen molar-refractivity contribution in [1.82, 2.24) is 0 Å². The quantitative estimate of drug-likeness (QED) is 0.727. The van der Waals surface area contributed by atoms with Gasteiger partial charge < -0.3 is 24.1 Å². The topological polar surface area (TPSA) is 65.1 Å². The van der Waals surface area contributed by atoms with Crippen LogP contribution >= 0.6 is 0 Å². The number of quaternary nitrogens is 1. The summed E-state index contributed by atoms with van der Waals surface area (Å²) in [4.78, 5) is 14.2. The van der Waals surface area contributed by atoms with Crippen molar-refractivity contribution in [1.29, 1.82) is 0 Å². The number of carbonyl (C=O) groups excluding carboxylic acids is 1. The van der Waals surface area contributed by atoms with Gasteiger partial charge in [-0.3, -0.25) is 4.79 Å². The molecule has 1 unspecified atom stereocenters. The highest BCUT2D eigenvalue weighted by molar-refractivity contribution is 6.08. The zero-order valence-electron chi connectivity index (χ0n) is 16.7. The van der Waals surface area contributed by atoms with E-state index in [2.05, 4.69) is 19.2 Å². The lowest BCUT2D eigenvalue weighted by atomic mass is 10.1. The highest BCUT2D eigenvalue weighted by atomic mass is 16.5. The Kier molecular flexibility index (Phi) is 5.00. The van der Waals surface area contributed by atoms with Gasteiger partial charge in [-0.25, -0.2) is 0 Å². The van der Waals surface area contributed by atoms with Gasteiger partial charge in [0.1, 0.15) is 42.2 Å². The first-order valence-corrected chi connectivity index (χ1v) is 9.76. The number of ether oxygens (including phenoxy) is 2. The average molecular weight is 383 g/mol. The normalized spacial score (nSPS) is 23.6. The van der Waals surface area contributed by atoms with Crippen molar-refractivity contribution in [2.45, 2.75) is 39.0 Å². The number of para-hydroxylation sites is 1. The maximum Gasteiger partial charge on any atom is 0.282 e. The summed E-state index contributed by atoms with van der Waals surface area (Å²) >= 11 is 0. The van der Waals surface area contributed by atoms with Gasteiger partial charge in [0.25, 0.3) is 5.91 Å². The second kappa shape index (κ2) is 7.45. The Morgan fingerprint density at radius 2 is 1.86 bits per heavy atom. The first-order valence-electron chi connectivity index (χ1n) is 9.76. The van der Waals surface area contributed by atoms with Crippen LogP contribution in [0.2, 0.25) is 0 Å².